The summed E-state index contributed by atoms with van der Waals surface area (Å²) in [4.78, 5) is 28.0. The number of nitrogens with zero attached hydrogens (tertiary/aromatic N) is 5. The zero-order valence-electron chi connectivity index (χ0n) is 20.3. The molecule has 0 radical (unpaired) electrons. The molecule has 1 amide bonds. The first kappa shape index (κ1) is 23.5. The van der Waals surface area contributed by atoms with Crippen LogP contribution in [0.5, 0.6) is 0 Å². The van der Waals surface area contributed by atoms with Gasteiger partial charge in [0.25, 0.3) is 5.91 Å². The third-order valence-corrected chi connectivity index (χ3v) is 8.59. The SMILES string of the molecule is O=C1CN=C2c3cc(I)ccc3N=C(CCN3c4ccccc4Sc4ccccc43)N2N1c1ccccc1. The van der Waals surface area contributed by atoms with Gasteiger partial charge in [-0.05, 0) is 77.2 Å². The molecule has 3 aliphatic rings. The van der Waals surface area contributed by atoms with Gasteiger partial charge in [-0.3, -0.25) is 9.79 Å². The second-order valence-corrected chi connectivity index (χ2v) is 11.5. The molecule has 0 aliphatic carbocycles. The van der Waals surface area contributed by atoms with Crippen molar-refractivity contribution in [2.24, 2.45) is 9.98 Å². The minimum atomic E-state index is -0.0770. The number of rotatable bonds is 4. The summed E-state index contributed by atoms with van der Waals surface area (Å²) in [7, 11) is 0. The molecule has 186 valence electrons. The van der Waals surface area contributed by atoms with Crippen molar-refractivity contribution in [2.45, 2.75) is 16.2 Å². The summed E-state index contributed by atoms with van der Waals surface area (Å²) >= 11 is 4.11. The van der Waals surface area contributed by atoms with Crippen molar-refractivity contribution in [3.63, 3.8) is 0 Å². The van der Waals surface area contributed by atoms with E-state index < -0.39 is 0 Å². The molecule has 7 rings (SSSR count). The summed E-state index contributed by atoms with van der Waals surface area (Å²) in [5.74, 6) is 1.48. The fourth-order valence-corrected chi connectivity index (χ4v) is 6.70. The molecule has 0 fully saturated rings. The molecule has 0 saturated heterocycles. The molecule has 4 aromatic carbocycles. The minimum absolute atomic E-state index is 0.0770. The number of aliphatic imine (C=N–C) groups is 2. The Labute approximate surface area is 238 Å². The summed E-state index contributed by atoms with van der Waals surface area (Å²) in [6, 6.07) is 33.0. The van der Waals surface area contributed by atoms with Gasteiger partial charge in [-0.2, -0.15) is 0 Å². The number of amidine groups is 2. The Balaban J connectivity index is 1.32. The number of hydrazine groups is 1. The zero-order chi connectivity index (χ0) is 25.6. The number of anilines is 3. The quantitative estimate of drug-likeness (QED) is 0.228. The number of carbonyl (C=O) groups is 1. The highest BCUT2D eigenvalue weighted by atomic mass is 127. The lowest BCUT2D eigenvalue weighted by Crippen LogP contribution is -2.58. The first-order chi connectivity index (χ1) is 18.7. The van der Waals surface area contributed by atoms with Crippen LogP contribution in [0.2, 0.25) is 0 Å². The van der Waals surface area contributed by atoms with E-state index in [0.29, 0.717) is 13.0 Å². The number of fused-ring (bicyclic) bond motifs is 5. The van der Waals surface area contributed by atoms with E-state index in [-0.39, 0.29) is 12.5 Å². The van der Waals surface area contributed by atoms with Crippen LogP contribution in [0.25, 0.3) is 0 Å². The van der Waals surface area contributed by atoms with E-state index in [2.05, 4.69) is 88.2 Å². The molecule has 3 heterocycles. The molecular weight excluding hydrogens is 605 g/mol. The van der Waals surface area contributed by atoms with Crippen LogP contribution in [0.15, 0.2) is 117 Å². The van der Waals surface area contributed by atoms with Crippen LogP contribution in [0.1, 0.15) is 12.0 Å². The summed E-state index contributed by atoms with van der Waals surface area (Å²) in [5.41, 5.74) is 5.00. The van der Waals surface area contributed by atoms with Gasteiger partial charge in [0.15, 0.2) is 5.84 Å². The molecule has 8 heteroatoms. The van der Waals surface area contributed by atoms with Crippen LogP contribution in [0.3, 0.4) is 0 Å². The Morgan fingerprint density at radius 2 is 1.50 bits per heavy atom. The second kappa shape index (κ2) is 9.59. The van der Waals surface area contributed by atoms with E-state index in [1.165, 1.54) is 21.2 Å². The van der Waals surface area contributed by atoms with E-state index >= 15 is 0 Å². The number of carbonyl (C=O) groups excluding carboxylic acids is 1. The van der Waals surface area contributed by atoms with Crippen LogP contribution in [-0.4, -0.2) is 35.7 Å². The van der Waals surface area contributed by atoms with Gasteiger partial charge in [0.2, 0.25) is 0 Å². The largest absolute Gasteiger partial charge is 0.339 e. The fourth-order valence-electron chi connectivity index (χ4n) is 5.12. The van der Waals surface area contributed by atoms with E-state index in [0.717, 1.165) is 32.2 Å². The van der Waals surface area contributed by atoms with Gasteiger partial charge in [0.1, 0.15) is 12.4 Å². The lowest BCUT2D eigenvalue weighted by Gasteiger charge is -2.42. The van der Waals surface area contributed by atoms with Crippen molar-refractivity contribution in [1.82, 2.24) is 5.01 Å². The van der Waals surface area contributed by atoms with Crippen molar-refractivity contribution >= 4 is 74.7 Å². The maximum Gasteiger partial charge on any atom is 0.267 e. The van der Waals surface area contributed by atoms with Gasteiger partial charge in [-0.1, -0.05) is 54.2 Å². The summed E-state index contributed by atoms with van der Waals surface area (Å²) in [5, 5.41) is 3.66. The van der Waals surface area contributed by atoms with Crippen LogP contribution in [-0.2, 0) is 4.79 Å². The third-order valence-electron chi connectivity index (χ3n) is 6.79. The molecule has 0 spiro atoms. The highest BCUT2D eigenvalue weighted by molar-refractivity contribution is 14.1. The lowest BCUT2D eigenvalue weighted by atomic mass is 10.1. The standard InChI is InChI=1S/C30H22IN5OS/c31-20-14-15-23-22(18-20)30-32-19-29(37)35(21-8-2-1-3-9-21)36(30)28(33-23)16-17-34-24-10-4-6-12-26(24)38-27-13-7-5-11-25(27)34/h1-15,18H,16-17,19H2. The van der Waals surface area contributed by atoms with E-state index in [9.17, 15) is 4.79 Å². The molecule has 0 atom stereocenters. The van der Waals surface area contributed by atoms with E-state index in [4.69, 9.17) is 9.98 Å². The molecular formula is C30H22IN5OS. The number of hydrogen-bond donors (Lipinski definition) is 0. The van der Waals surface area contributed by atoms with Gasteiger partial charge >= 0.3 is 0 Å². The molecule has 0 bridgehead atoms. The van der Waals surface area contributed by atoms with Gasteiger partial charge in [0.05, 0.1) is 22.7 Å². The van der Waals surface area contributed by atoms with Crippen molar-refractivity contribution in [3.05, 3.63) is 106 Å². The van der Waals surface area contributed by atoms with Crippen molar-refractivity contribution in [1.29, 1.82) is 0 Å². The van der Waals surface area contributed by atoms with E-state index in [1.807, 2.05) is 41.4 Å². The van der Waals surface area contributed by atoms with Crippen LogP contribution < -0.4 is 9.91 Å². The number of hydrogen-bond acceptors (Lipinski definition) is 6. The number of benzene rings is 4. The normalized spacial score (nSPS) is 15.7. The van der Waals surface area contributed by atoms with Gasteiger partial charge in [-0.15, -0.1) is 0 Å². The molecule has 0 unspecified atom stereocenters. The Morgan fingerprint density at radius 3 is 2.24 bits per heavy atom. The Morgan fingerprint density at radius 1 is 0.816 bits per heavy atom. The maximum atomic E-state index is 13.3. The van der Waals surface area contributed by atoms with Crippen molar-refractivity contribution in [2.75, 3.05) is 23.0 Å². The predicted molar refractivity (Wildman–Crippen MR) is 162 cm³/mol. The summed E-state index contributed by atoms with van der Waals surface area (Å²) in [6.07, 6.45) is 0.619. The molecule has 38 heavy (non-hydrogen) atoms. The molecule has 0 aromatic heterocycles. The van der Waals surface area contributed by atoms with Crippen molar-refractivity contribution in [3.8, 4) is 0 Å². The molecule has 4 aromatic rings. The smallest absolute Gasteiger partial charge is 0.267 e. The maximum absolute atomic E-state index is 13.3. The highest BCUT2D eigenvalue weighted by Crippen LogP contribution is 2.48. The van der Waals surface area contributed by atoms with Crippen LogP contribution in [0, 0.1) is 3.57 Å². The summed E-state index contributed by atoms with van der Waals surface area (Å²) in [6.45, 7) is 0.802. The number of para-hydroxylation sites is 3. The average Bonchev–Trinajstić information content (AvgIpc) is 2.95. The third kappa shape index (κ3) is 3.99. The Kier molecular flexibility index (Phi) is 5.93. The lowest BCUT2D eigenvalue weighted by molar-refractivity contribution is -0.119. The van der Waals surface area contributed by atoms with Gasteiger partial charge in [0, 0.05) is 31.9 Å². The van der Waals surface area contributed by atoms with E-state index in [1.54, 1.807) is 16.8 Å². The molecule has 0 N–H and O–H groups in total. The first-order valence-electron chi connectivity index (χ1n) is 12.4. The Hall–Kier alpha value is -3.63. The second-order valence-electron chi connectivity index (χ2n) is 9.12. The van der Waals surface area contributed by atoms with Gasteiger partial charge in [-0.25, -0.2) is 15.0 Å². The molecule has 6 nitrogen and oxygen atoms in total. The first-order valence-corrected chi connectivity index (χ1v) is 14.3. The van der Waals surface area contributed by atoms with Crippen molar-refractivity contribution < 1.29 is 4.79 Å². The fraction of sp³-hybridized carbons (Fsp3) is 0.100. The predicted octanol–water partition coefficient (Wildman–Crippen LogP) is 7.04. The topological polar surface area (TPSA) is 51.5 Å². The number of amides is 1. The van der Waals surface area contributed by atoms with Crippen LogP contribution in [0.4, 0.5) is 22.7 Å². The Bertz CT molecular complexity index is 1590. The molecule has 0 saturated carbocycles. The highest BCUT2D eigenvalue weighted by Gasteiger charge is 2.38. The molecule has 3 aliphatic heterocycles. The minimum Gasteiger partial charge on any atom is -0.339 e. The van der Waals surface area contributed by atoms with Crippen LogP contribution >= 0.6 is 34.4 Å². The number of halogens is 1. The monoisotopic (exact) mass is 627 g/mol. The zero-order valence-corrected chi connectivity index (χ0v) is 23.3. The summed E-state index contributed by atoms with van der Waals surface area (Å²) < 4.78 is 1.10. The van der Waals surface area contributed by atoms with Gasteiger partial charge < -0.3 is 4.90 Å². The average molecular weight is 628 g/mol.